The third-order valence-electron chi connectivity index (χ3n) is 5.16. The summed E-state index contributed by atoms with van der Waals surface area (Å²) in [4.78, 5) is 0. The molecule has 29 heavy (non-hydrogen) atoms. The highest BCUT2D eigenvalue weighted by atomic mass is 19.1. The topological polar surface area (TPSA) is 21.3 Å². The third kappa shape index (κ3) is 4.40. The maximum atomic E-state index is 13.2. The number of hydrogen-bond acceptors (Lipinski definition) is 2. The van der Waals surface area contributed by atoms with Gasteiger partial charge in [0.05, 0.1) is 0 Å². The van der Waals surface area contributed by atoms with Crippen LogP contribution in [0, 0.1) is 5.82 Å². The van der Waals surface area contributed by atoms with Gasteiger partial charge in [-0.3, -0.25) is 0 Å². The fourth-order valence-corrected chi connectivity index (χ4v) is 3.56. The van der Waals surface area contributed by atoms with Crippen LogP contribution in [0.15, 0.2) is 84.9 Å². The lowest BCUT2D eigenvalue weighted by Gasteiger charge is -2.17. The SMILES string of the molecule is CCc1ccccc1NCc1c(OCc2ccc(F)cc2)ccc2ccccc12. The van der Waals surface area contributed by atoms with Crippen LogP contribution in [0.5, 0.6) is 5.75 Å². The van der Waals surface area contributed by atoms with Gasteiger partial charge in [0, 0.05) is 17.8 Å². The van der Waals surface area contributed by atoms with Gasteiger partial charge in [0.1, 0.15) is 18.2 Å². The minimum atomic E-state index is -0.237. The van der Waals surface area contributed by atoms with Crippen LogP contribution in [0.25, 0.3) is 10.8 Å². The van der Waals surface area contributed by atoms with E-state index < -0.39 is 0 Å². The van der Waals surface area contributed by atoms with Gasteiger partial charge >= 0.3 is 0 Å². The number of para-hydroxylation sites is 1. The molecule has 0 heterocycles. The first-order chi connectivity index (χ1) is 14.2. The molecule has 0 spiro atoms. The Balaban J connectivity index is 1.62. The first-order valence-corrected chi connectivity index (χ1v) is 9.94. The van der Waals surface area contributed by atoms with Crippen LogP contribution < -0.4 is 10.1 Å². The van der Waals surface area contributed by atoms with Crippen molar-refractivity contribution in [3.63, 3.8) is 0 Å². The van der Waals surface area contributed by atoms with E-state index in [1.165, 1.54) is 28.5 Å². The smallest absolute Gasteiger partial charge is 0.125 e. The first kappa shape index (κ1) is 19.0. The molecule has 0 fully saturated rings. The molecule has 4 rings (SSSR count). The summed E-state index contributed by atoms with van der Waals surface area (Å²) in [5, 5.41) is 5.94. The van der Waals surface area contributed by atoms with Gasteiger partial charge in [-0.15, -0.1) is 0 Å². The van der Waals surface area contributed by atoms with Gasteiger partial charge in [-0.05, 0) is 52.6 Å². The summed E-state index contributed by atoms with van der Waals surface area (Å²) in [5.74, 6) is 0.605. The van der Waals surface area contributed by atoms with Crippen molar-refractivity contribution in [2.24, 2.45) is 0 Å². The molecule has 0 bridgehead atoms. The van der Waals surface area contributed by atoms with Crippen LogP contribution in [0.1, 0.15) is 23.6 Å². The average molecular weight is 385 g/mol. The summed E-state index contributed by atoms with van der Waals surface area (Å²) in [6, 6.07) is 27.3. The van der Waals surface area contributed by atoms with Crippen LogP contribution in [-0.4, -0.2) is 0 Å². The summed E-state index contributed by atoms with van der Waals surface area (Å²) < 4.78 is 19.3. The highest BCUT2D eigenvalue weighted by Gasteiger charge is 2.10. The number of fused-ring (bicyclic) bond motifs is 1. The highest BCUT2D eigenvalue weighted by Crippen LogP contribution is 2.30. The molecule has 2 nitrogen and oxygen atoms in total. The molecule has 0 aliphatic heterocycles. The van der Waals surface area contributed by atoms with E-state index in [0.717, 1.165) is 29.0 Å². The number of ether oxygens (including phenoxy) is 1. The van der Waals surface area contributed by atoms with Gasteiger partial charge < -0.3 is 10.1 Å². The Labute approximate surface area is 171 Å². The summed E-state index contributed by atoms with van der Waals surface area (Å²) in [6.07, 6.45) is 0.979. The summed E-state index contributed by atoms with van der Waals surface area (Å²) in [6.45, 7) is 3.23. The van der Waals surface area contributed by atoms with Crippen LogP contribution in [-0.2, 0) is 19.6 Å². The second-order valence-electron chi connectivity index (χ2n) is 7.04. The van der Waals surface area contributed by atoms with Gasteiger partial charge in [0.15, 0.2) is 0 Å². The summed E-state index contributed by atoms with van der Waals surface area (Å²) in [7, 11) is 0. The molecule has 4 aromatic carbocycles. The lowest BCUT2D eigenvalue weighted by atomic mass is 10.0. The molecule has 0 aliphatic carbocycles. The molecule has 0 radical (unpaired) electrons. The van der Waals surface area contributed by atoms with Crippen molar-refractivity contribution < 1.29 is 9.13 Å². The Morgan fingerprint density at radius 2 is 1.59 bits per heavy atom. The molecule has 146 valence electrons. The van der Waals surface area contributed by atoms with Crippen molar-refractivity contribution in [2.75, 3.05) is 5.32 Å². The molecular formula is C26H24FNO. The van der Waals surface area contributed by atoms with Crippen molar-refractivity contribution in [1.29, 1.82) is 0 Å². The molecule has 3 heteroatoms. The van der Waals surface area contributed by atoms with E-state index in [9.17, 15) is 4.39 Å². The van der Waals surface area contributed by atoms with Crippen molar-refractivity contribution in [3.8, 4) is 5.75 Å². The molecule has 0 saturated carbocycles. The molecule has 4 aromatic rings. The van der Waals surface area contributed by atoms with E-state index in [1.807, 2.05) is 12.1 Å². The fraction of sp³-hybridized carbons (Fsp3) is 0.154. The van der Waals surface area contributed by atoms with Crippen molar-refractivity contribution in [1.82, 2.24) is 0 Å². The average Bonchev–Trinajstić information content (AvgIpc) is 2.77. The number of rotatable bonds is 7. The number of aryl methyl sites for hydroxylation is 1. The monoisotopic (exact) mass is 385 g/mol. The Morgan fingerprint density at radius 3 is 2.41 bits per heavy atom. The van der Waals surface area contributed by atoms with Gasteiger partial charge in [-0.1, -0.05) is 67.6 Å². The Kier molecular flexibility index (Phi) is 5.76. The van der Waals surface area contributed by atoms with Gasteiger partial charge in [-0.2, -0.15) is 0 Å². The van der Waals surface area contributed by atoms with E-state index in [2.05, 4.69) is 60.8 Å². The molecule has 1 N–H and O–H groups in total. The minimum Gasteiger partial charge on any atom is -0.489 e. The maximum Gasteiger partial charge on any atom is 0.125 e. The molecule has 0 atom stereocenters. The first-order valence-electron chi connectivity index (χ1n) is 9.94. The van der Waals surface area contributed by atoms with Crippen LogP contribution in [0.2, 0.25) is 0 Å². The molecule has 0 aromatic heterocycles. The normalized spacial score (nSPS) is 10.8. The molecular weight excluding hydrogens is 361 g/mol. The lowest BCUT2D eigenvalue weighted by Crippen LogP contribution is -2.06. The summed E-state index contributed by atoms with van der Waals surface area (Å²) >= 11 is 0. The lowest BCUT2D eigenvalue weighted by molar-refractivity contribution is 0.303. The predicted octanol–water partition coefficient (Wildman–Crippen LogP) is 6.73. The Bertz CT molecular complexity index is 1110. The van der Waals surface area contributed by atoms with Crippen molar-refractivity contribution in [2.45, 2.75) is 26.5 Å². The predicted molar refractivity (Wildman–Crippen MR) is 118 cm³/mol. The Morgan fingerprint density at radius 1 is 0.828 bits per heavy atom. The van der Waals surface area contributed by atoms with Gasteiger partial charge in [0.2, 0.25) is 0 Å². The van der Waals surface area contributed by atoms with Crippen LogP contribution in [0.3, 0.4) is 0 Å². The zero-order valence-corrected chi connectivity index (χ0v) is 16.5. The van der Waals surface area contributed by atoms with E-state index in [1.54, 1.807) is 12.1 Å². The fourth-order valence-electron chi connectivity index (χ4n) is 3.56. The Hall–Kier alpha value is -3.33. The summed E-state index contributed by atoms with van der Waals surface area (Å²) in [5.41, 5.74) is 4.50. The zero-order valence-electron chi connectivity index (χ0n) is 16.5. The molecule has 0 amide bonds. The van der Waals surface area contributed by atoms with Gasteiger partial charge in [-0.25, -0.2) is 4.39 Å². The maximum absolute atomic E-state index is 13.2. The highest BCUT2D eigenvalue weighted by molar-refractivity contribution is 5.88. The van der Waals surface area contributed by atoms with E-state index in [0.29, 0.717) is 13.2 Å². The standard InChI is InChI=1S/C26H24FNO/c1-2-20-7-4-6-10-25(20)28-17-24-23-9-5-3-8-21(23)13-16-26(24)29-18-19-11-14-22(27)15-12-19/h3-16,28H,2,17-18H2,1H3. The number of halogens is 1. The quantitative estimate of drug-likeness (QED) is 0.381. The second kappa shape index (κ2) is 8.78. The number of nitrogens with one attached hydrogen (secondary N) is 1. The van der Waals surface area contributed by atoms with E-state index >= 15 is 0 Å². The third-order valence-corrected chi connectivity index (χ3v) is 5.16. The van der Waals surface area contributed by atoms with E-state index in [-0.39, 0.29) is 5.82 Å². The molecule has 0 aliphatic rings. The van der Waals surface area contributed by atoms with Crippen LogP contribution >= 0.6 is 0 Å². The zero-order chi connectivity index (χ0) is 20.1. The van der Waals surface area contributed by atoms with Gasteiger partial charge in [0.25, 0.3) is 0 Å². The second-order valence-corrected chi connectivity index (χ2v) is 7.04. The van der Waals surface area contributed by atoms with Crippen molar-refractivity contribution >= 4 is 16.5 Å². The molecule has 0 unspecified atom stereocenters. The number of benzene rings is 4. The van der Waals surface area contributed by atoms with E-state index in [4.69, 9.17) is 4.74 Å². The van der Waals surface area contributed by atoms with Crippen LogP contribution in [0.4, 0.5) is 10.1 Å². The number of anilines is 1. The minimum absolute atomic E-state index is 0.237. The molecule has 0 saturated heterocycles. The number of hydrogen-bond donors (Lipinski definition) is 1. The van der Waals surface area contributed by atoms with Crippen molar-refractivity contribution in [3.05, 3.63) is 107 Å². The largest absolute Gasteiger partial charge is 0.489 e.